The molecule has 6 nitrogen and oxygen atoms in total. The molecule has 0 bridgehead atoms. The number of rotatable bonds is 4. The summed E-state index contributed by atoms with van der Waals surface area (Å²) in [5.41, 5.74) is 0.0239. The van der Waals surface area contributed by atoms with Gasteiger partial charge in [-0.05, 0) is 25.3 Å². The smallest absolute Gasteiger partial charge is 0.258 e. The third-order valence-corrected chi connectivity index (χ3v) is 5.30. The Balaban J connectivity index is 2.36. The van der Waals surface area contributed by atoms with Gasteiger partial charge in [-0.25, -0.2) is 13.1 Å². The summed E-state index contributed by atoms with van der Waals surface area (Å²) >= 11 is 0. The van der Waals surface area contributed by atoms with Crippen molar-refractivity contribution >= 4 is 15.7 Å². The standard InChI is InChI=1S/C13H18N2O4S/c1-10-6-5-9-12(15(16)17)13(10)20(18,19)14-11-7-3-2-4-8-11/h5-6,9,11,14H,2-4,7-8H2,1H3. The molecule has 0 saturated heterocycles. The Labute approximate surface area is 118 Å². The van der Waals surface area contributed by atoms with Gasteiger partial charge >= 0.3 is 0 Å². The van der Waals surface area contributed by atoms with E-state index >= 15 is 0 Å². The number of aryl methyl sites for hydroxylation is 1. The van der Waals surface area contributed by atoms with Crippen LogP contribution in [0.25, 0.3) is 0 Å². The molecule has 0 amide bonds. The molecular formula is C13H18N2O4S. The minimum atomic E-state index is -3.86. The van der Waals surface area contributed by atoms with Crippen molar-refractivity contribution < 1.29 is 13.3 Å². The minimum Gasteiger partial charge on any atom is -0.258 e. The van der Waals surface area contributed by atoms with Crippen molar-refractivity contribution in [3.63, 3.8) is 0 Å². The highest BCUT2D eigenvalue weighted by molar-refractivity contribution is 7.89. The van der Waals surface area contributed by atoms with Crippen LogP contribution in [-0.2, 0) is 10.0 Å². The average molecular weight is 298 g/mol. The van der Waals surface area contributed by atoms with Gasteiger partial charge in [0.1, 0.15) is 0 Å². The molecule has 0 heterocycles. The Morgan fingerprint density at radius 3 is 2.50 bits per heavy atom. The van der Waals surface area contributed by atoms with E-state index in [1.54, 1.807) is 13.0 Å². The Morgan fingerprint density at radius 1 is 1.25 bits per heavy atom. The van der Waals surface area contributed by atoms with Crippen LogP contribution in [0.2, 0.25) is 0 Å². The number of hydrogen-bond donors (Lipinski definition) is 1. The molecule has 20 heavy (non-hydrogen) atoms. The largest absolute Gasteiger partial charge is 0.289 e. The summed E-state index contributed by atoms with van der Waals surface area (Å²) in [5.74, 6) is 0. The van der Waals surface area contributed by atoms with E-state index in [9.17, 15) is 18.5 Å². The SMILES string of the molecule is Cc1cccc([N+](=O)[O-])c1S(=O)(=O)NC1CCCCC1. The Kier molecular flexibility index (Phi) is 4.39. The van der Waals surface area contributed by atoms with Crippen molar-refractivity contribution in [1.82, 2.24) is 4.72 Å². The molecule has 1 aliphatic carbocycles. The number of nitrogens with one attached hydrogen (secondary N) is 1. The van der Waals surface area contributed by atoms with Crippen LogP contribution in [0.1, 0.15) is 37.7 Å². The van der Waals surface area contributed by atoms with E-state index in [1.807, 2.05) is 0 Å². The van der Waals surface area contributed by atoms with Gasteiger partial charge in [0, 0.05) is 12.1 Å². The van der Waals surface area contributed by atoms with Gasteiger partial charge in [0.2, 0.25) is 10.0 Å². The first-order chi connectivity index (χ1) is 9.42. The van der Waals surface area contributed by atoms with Crippen molar-refractivity contribution in [2.45, 2.75) is 50.0 Å². The summed E-state index contributed by atoms with van der Waals surface area (Å²) in [4.78, 5) is 10.2. The number of benzene rings is 1. The van der Waals surface area contributed by atoms with Gasteiger partial charge < -0.3 is 0 Å². The lowest BCUT2D eigenvalue weighted by molar-refractivity contribution is -0.387. The average Bonchev–Trinajstić information content (AvgIpc) is 2.38. The Hall–Kier alpha value is -1.47. The first kappa shape index (κ1) is 14.9. The van der Waals surface area contributed by atoms with E-state index in [0.29, 0.717) is 5.56 Å². The predicted octanol–water partition coefficient (Wildman–Crippen LogP) is 2.51. The second-order valence-corrected chi connectivity index (χ2v) is 6.79. The summed E-state index contributed by atoms with van der Waals surface area (Å²) in [6.07, 6.45) is 4.67. The molecule has 110 valence electrons. The molecule has 2 rings (SSSR count). The van der Waals surface area contributed by atoms with Crippen molar-refractivity contribution in [3.8, 4) is 0 Å². The van der Waals surface area contributed by atoms with Crippen LogP contribution in [0.4, 0.5) is 5.69 Å². The van der Waals surface area contributed by atoms with Crippen LogP contribution in [0, 0.1) is 17.0 Å². The Bertz CT molecular complexity index is 607. The first-order valence-electron chi connectivity index (χ1n) is 6.68. The number of hydrogen-bond acceptors (Lipinski definition) is 4. The highest BCUT2D eigenvalue weighted by Crippen LogP contribution is 2.28. The fraction of sp³-hybridized carbons (Fsp3) is 0.538. The summed E-state index contributed by atoms with van der Waals surface area (Å²) in [6, 6.07) is 4.17. The highest BCUT2D eigenvalue weighted by atomic mass is 32.2. The summed E-state index contributed by atoms with van der Waals surface area (Å²) < 4.78 is 27.5. The van der Waals surface area contributed by atoms with E-state index in [0.717, 1.165) is 32.1 Å². The van der Waals surface area contributed by atoms with Gasteiger partial charge in [0.15, 0.2) is 4.90 Å². The van der Waals surface area contributed by atoms with Gasteiger partial charge in [0.25, 0.3) is 5.69 Å². The topological polar surface area (TPSA) is 89.3 Å². The molecule has 0 unspecified atom stereocenters. The molecular weight excluding hydrogens is 280 g/mol. The second kappa shape index (κ2) is 5.88. The Morgan fingerprint density at radius 2 is 1.90 bits per heavy atom. The van der Waals surface area contributed by atoms with Crippen LogP contribution in [0.5, 0.6) is 0 Å². The highest BCUT2D eigenvalue weighted by Gasteiger charge is 2.30. The van der Waals surface area contributed by atoms with Gasteiger partial charge in [-0.1, -0.05) is 31.4 Å². The van der Waals surface area contributed by atoms with E-state index in [2.05, 4.69) is 4.72 Å². The third kappa shape index (κ3) is 3.16. The first-order valence-corrected chi connectivity index (χ1v) is 8.16. The molecule has 0 radical (unpaired) electrons. The zero-order valence-electron chi connectivity index (χ0n) is 11.3. The molecule has 1 aliphatic rings. The number of nitrogens with zero attached hydrogens (tertiary/aromatic N) is 1. The fourth-order valence-electron chi connectivity index (χ4n) is 2.63. The van der Waals surface area contributed by atoms with E-state index in [4.69, 9.17) is 0 Å². The molecule has 1 saturated carbocycles. The second-order valence-electron chi connectivity index (χ2n) is 5.14. The van der Waals surface area contributed by atoms with Crippen molar-refractivity contribution in [2.24, 2.45) is 0 Å². The van der Waals surface area contributed by atoms with E-state index < -0.39 is 14.9 Å². The maximum absolute atomic E-state index is 12.4. The van der Waals surface area contributed by atoms with Gasteiger partial charge in [-0.15, -0.1) is 0 Å². The summed E-state index contributed by atoms with van der Waals surface area (Å²) in [5, 5.41) is 11.0. The van der Waals surface area contributed by atoms with Crippen molar-refractivity contribution in [3.05, 3.63) is 33.9 Å². The fourth-order valence-corrected chi connectivity index (χ4v) is 4.33. The molecule has 0 aliphatic heterocycles. The van der Waals surface area contributed by atoms with Crippen molar-refractivity contribution in [1.29, 1.82) is 0 Å². The van der Waals surface area contributed by atoms with Crippen LogP contribution in [-0.4, -0.2) is 19.4 Å². The zero-order valence-corrected chi connectivity index (χ0v) is 12.1. The van der Waals surface area contributed by atoms with Gasteiger partial charge in [-0.3, -0.25) is 10.1 Å². The van der Waals surface area contributed by atoms with Crippen LogP contribution in [0.3, 0.4) is 0 Å². The molecule has 0 aromatic heterocycles. The number of nitro groups is 1. The van der Waals surface area contributed by atoms with Crippen LogP contribution >= 0.6 is 0 Å². The normalized spacial score (nSPS) is 17.1. The molecule has 1 N–H and O–H groups in total. The predicted molar refractivity (Wildman–Crippen MR) is 75.0 cm³/mol. The molecule has 1 fully saturated rings. The maximum atomic E-state index is 12.4. The third-order valence-electron chi connectivity index (χ3n) is 3.58. The molecule has 0 atom stereocenters. The lowest BCUT2D eigenvalue weighted by atomic mass is 9.96. The van der Waals surface area contributed by atoms with E-state index in [-0.39, 0.29) is 16.6 Å². The van der Waals surface area contributed by atoms with Gasteiger partial charge in [-0.2, -0.15) is 0 Å². The number of sulfonamides is 1. The maximum Gasteiger partial charge on any atom is 0.289 e. The molecule has 7 heteroatoms. The molecule has 1 aromatic carbocycles. The van der Waals surface area contributed by atoms with Crippen LogP contribution < -0.4 is 4.72 Å². The summed E-state index contributed by atoms with van der Waals surface area (Å²) in [7, 11) is -3.86. The lowest BCUT2D eigenvalue weighted by Gasteiger charge is -2.22. The summed E-state index contributed by atoms with van der Waals surface area (Å²) in [6.45, 7) is 1.57. The monoisotopic (exact) mass is 298 g/mol. The minimum absolute atomic E-state index is 0.118. The zero-order chi connectivity index (χ0) is 14.8. The van der Waals surface area contributed by atoms with Gasteiger partial charge in [0.05, 0.1) is 4.92 Å². The number of nitro benzene ring substituents is 1. The molecule has 1 aromatic rings. The lowest BCUT2D eigenvalue weighted by Crippen LogP contribution is -2.36. The van der Waals surface area contributed by atoms with Crippen LogP contribution in [0.15, 0.2) is 23.1 Å². The van der Waals surface area contributed by atoms with Crippen molar-refractivity contribution in [2.75, 3.05) is 0 Å². The quantitative estimate of drug-likeness (QED) is 0.683. The van der Waals surface area contributed by atoms with E-state index in [1.165, 1.54) is 12.1 Å². The molecule has 0 spiro atoms.